The van der Waals surface area contributed by atoms with Gasteiger partial charge in [0.05, 0.1) is 5.56 Å². The molecule has 4 nitrogen and oxygen atoms in total. The summed E-state index contributed by atoms with van der Waals surface area (Å²) in [7, 11) is 0. The number of amides is 1. The summed E-state index contributed by atoms with van der Waals surface area (Å²) in [5.41, 5.74) is 4.24. The number of fused-ring (bicyclic) bond motifs is 1. The van der Waals surface area contributed by atoms with Crippen molar-refractivity contribution >= 4 is 23.4 Å². The van der Waals surface area contributed by atoms with Crippen LogP contribution in [0, 0.1) is 0 Å². The number of alkyl halides is 3. The van der Waals surface area contributed by atoms with Crippen molar-refractivity contribution in [3.8, 4) is 0 Å². The molecule has 5 rings (SSSR count). The first kappa shape index (κ1) is 24.1. The van der Waals surface area contributed by atoms with Gasteiger partial charge in [0.1, 0.15) is 0 Å². The molecule has 0 spiro atoms. The maximum atomic E-state index is 13.2. The summed E-state index contributed by atoms with van der Waals surface area (Å²) in [6.45, 7) is 4.08. The van der Waals surface area contributed by atoms with Gasteiger partial charge in [-0.2, -0.15) is 13.2 Å². The van der Waals surface area contributed by atoms with Gasteiger partial charge in [-0.1, -0.05) is 42.5 Å². The minimum absolute atomic E-state index is 0.0110. The second kappa shape index (κ2) is 10.2. The molecule has 0 aromatic heterocycles. The van der Waals surface area contributed by atoms with Gasteiger partial charge >= 0.3 is 6.18 Å². The highest BCUT2D eigenvalue weighted by molar-refractivity contribution is 5.94. The van der Waals surface area contributed by atoms with E-state index >= 15 is 0 Å². The van der Waals surface area contributed by atoms with Crippen molar-refractivity contribution < 1.29 is 18.0 Å². The van der Waals surface area contributed by atoms with Crippen LogP contribution >= 0.6 is 0 Å². The maximum absolute atomic E-state index is 13.2. The Balaban J connectivity index is 1.20. The minimum Gasteiger partial charge on any atom is -0.337 e. The Morgan fingerprint density at radius 3 is 2.33 bits per heavy atom. The van der Waals surface area contributed by atoms with Gasteiger partial charge in [0.2, 0.25) is 0 Å². The molecule has 0 aliphatic carbocycles. The highest BCUT2D eigenvalue weighted by atomic mass is 19.4. The van der Waals surface area contributed by atoms with E-state index in [-0.39, 0.29) is 5.91 Å². The van der Waals surface area contributed by atoms with Crippen molar-refractivity contribution in [3.63, 3.8) is 0 Å². The molecule has 0 unspecified atom stereocenters. The van der Waals surface area contributed by atoms with Crippen LogP contribution in [0.2, 0.25) is 0 Å². The summed E-state index contributed by atoms with van der Waals surface area (Å²) < 4.78 is 38.4. The van der Waals surface area contributed by atoms with Crippen LogP contribution in [0.4, 0.5) is 24.5 Å². The average Bonchev–Trinajstić information content (AvgIpc) is 3.13. The van der Waals surface area contributed by atoms with Crippen molar-refractivity contribution in [1.29, 1.82) is 0 Å². The molecule has 0 atom stereocenters. The van der Waals surface area contributed by atoms with E-state index in [2.05, 4.69) is 34.1 Å². The summed E-state index contributed by atoms with van der Waals surface area (Å²) in [6, 6.07) is 21.4. The van der Waals surface area contributed by atoms with Crippen LogP contribution in [0.3, 0.4) is 0 Å². The van der Waals surface area contributed by atoms with Gasteiger partial charge in [-0.05, 0) is 60.0 Å². The second-order valence-corrected chi connectivity index (χ2v) is 9.24. The summed E-state index contributed by atoms with van der Waals surface area (Å²) in [5.74, 6) is 0.0110. The number of rotatable bonds is 4. The number of para-hydroxylation sites is 1. The lowest BCUT2D eigenvalue weighted by atomic mass is 10.1. The average molecular weight is 492 g/mol. The maximum Gasteiger partial charge on any atom is 0.416 e. The van der Waals surface area contributed by atoms with Crippen LogP contribution in [-0.2, 0) is 12.7 Å². The fraction of sp³-hybridized carbons (Fsp3) is 0.276. The first-order chi connectivity index (χ1) is 17.4. The Morgan fingerprint density at radius 1 is 0.833 bits per heavy atom. The van der Waals surface area contributed by atoms with Crippen molar-refractivity contribution in [1.82, 2.24) is 9.80 Å². The second-order valence-electron chi connectivity index (χ2n) is 9.24. The van der Waals surface area contributed by atoms with E-state index < -0.39 is 11.7 Å². The van der Waals surface area contributed by atoms with Crippen LogP contribution in [0.5, 0.6) is 0 Å². The first-order valence-electron chi connectivity index (χ1n) is 12.2. The lowest BCUT2D eigenvalue weighted by Gasteiger charge is -2.28. The van der Waals surface area contributed by atoms with Gasteiger partial charge in [0.25, 0.3) is 5.91 Å². The largest absolute Gasteiger partial charge is 0.416 e. The number of benzene rings is 3. The number of anilines is 2. The fourth-order valence-corrected chi connectivity index (χ4v) is 4.86. The van der Waals surface area contributed by atoms with Crippen molar-refractivity contribution in [2.75, 3.05) is 37.6 Å². The number of hydrogen-bond donors (Lipinski definition) is 0. The van der Waals surface area contributed by atoms with Crippen LogP contribution in [-0.4, -0.2) is 48.4 Å². The van der Waals surface area contributed by atoms with E-state index in [4.69, 9.17) is 0 Å². The summed E-state index contributed by atoms with van der Waals surface area (Å²) >= 11 is 0. The van der Waals surface area contributed by atoms with Crippen molar-refractivity contribution in [3.05, 3.63) is 101 Å². The van der Waals surface area contributed by atoms with Crippen LogP contribution in [0.1, 0.15) is 33.5 Å². The fourth-order valence-electron chi connectivity index (χ4n) is 4.86. The zero-order chi connectivity index (χ0) is 25.1. The molecule has 1 amide bonds. The monoisotopic (exact) mass is 491 g/mol. The molecule has 2 heterocycles. The van der Waals surface area contributed by atoms with Crippen LogP contribution in [0.15, 0.2) is 78.9 Å². The third kappa shape index (κ3) is 5.31. The van der Waals surface area contributed by atoms with Crippen molar-refractivity contribution in [2.45, 2.75) is 19.1 Å². The van der Waals surface area contributed by atoms with Gasteiger partial charge in [-0.25, -0.2) is 0 Å². The Kier molecular flexibility index (Phi) is 6.83. The summed E-state index contributed by atoms with van der Waals surface area (Å²) in [5, 5.41) is 0. The van der Waals surface area contributed by atoms with Crippen molar-refractivity contribution in [2.24, 2.45) is 0 Å². The normalized spacial score (nSPS) is 16.5. The standard InChI is InChI=1S/C29H28F3N3O/c30-29(31,32)25-12-8-22(9-13-25)21-33-16-4-17-34(20-19-33)28(36)24-10-14-26(15-11-24)35-18-3-6-23-5-1-2-7-27(23)35/h1-3,5-15H,4,16-21H2. The lowest BCUT2D eigenvalue weighted by Crippen LogP contribution is -2.35. The molecule has 2 aliphatic rings. The molecule has 3 aromatic rings. The molecule has 1 fully saturated rings. The molecule has 0 N–H and O–H groups in total. The molecule has 1 saturated heterocycles. The van der Waals surface area contributed by atoms with Crippen LogP contribution < -0.4 is 4.90 Å². The molecule has 0 bridgehead atoms. The third-order valence-corrected chi connectivity index (χ3v) is 6.80. The van der Waals surface area contributed by atoms with E-state index in [0.717, 1.165) is 48.6 Å². The zero-order valence-electron chi connectivity index (χ0n) is 19.9. The molecule has 3 aromatic carbocycles. The van der Waals surface area contributed by atoms with Gasteiger partial charge in [-0.3, -0.25) is 9.69 Å². The molecule has 36 heavy (non-hydrogen) atoms. The SMILES string of the molecule is O=C(c1ccc(N2CC=Cc3ccccc32)cc1)N1CCCN(Cc2ccc(C(F)(F)F)cc2)CC1. The molecule has 2 aliphatic heterocycles. The quantitative estimate of drug-likeness (QED) is 0.434. The number of halogens is 3. The van der Waals surface area contributed by atoms with E-state index in [9.17, 15) is 18.0 Å². The summed E-state index contributed by atoms with van der Waals surface area (Å²) in [4.78, 5) is 19.5. The first-order valence-corrected chi connectivity index (χ1v) is 12.2. The van der Waals surface area contributed by atoms with E-state index in [1.165, 1.54) is 17.7 Å². The molecular weight excluding hydrogens is 463 g/mol. The Morgan fingerprint density at radius 2 is 1.58 bits per heavy atom. The van der Waals surface area contributed by atoms with Gasteiger partial charge in [0, 0.05) is 56.2 Å². The predicted octanol–water partition coefficient (Wildman–Crippen LogP) is 6.22. The Hall–Kier alpha value is -3.58. The topological polar surface area (TPSA) is 26.8 Å². The van der Waals surface area contributed by atoms with Gasteiger partial charge < -0.3 is 9.80 Å². The van der Waals surface area contributed by atoms with Gasteiger partial charge in [-0.15, -0.1) is 0 Å². The lowest BCUT2D eigenvalue weighted by molar-refractivity contribution is -0.137. The molecule has 186 valence electrons. The number of carbonyl (C=O) groups is 1. The van der Waals surface area contributed by atoms with E-state index in [1.807, 2.05) is 41.3 Å². The van der Waals surface area contributed by atoms with E-state index in [1.54, 1.807) is 0 Å². The number of hydrogen-bond acceptors (Lipinski definition) is 3. The predicted molar refractivity (Wildman–Crippen MR) is 136 cm³/mol. The molecule has 0 radical (unpaired) electrons. The molecular formula is C29H28F3N3O. The molecule has 7 heteroatoms. The Bertz CT molecular complexity index is 1240. The third-order valence-electron chi connectivity index (χ3n) is 6.80. The zero-order valence-corrected chi connectivity index (χ0v) is 19.9. The number of nitrogens with zero attached hydrogens (tertiary/aromatic N) is 3. The smallest absolute Gasteiger partial charge is 0.337 e. The number of carbonyl (C=O) groups excluding carboxylic acids is 1. The summed E-state index contributed by atoms with van der Waals surface area (Å²) in [6.07, 6.45) is 0.760. The van der Waals surface area contributed by atoms with E-state index in [0.29, 0.717) is 31.7 Å². The van der Waals surface area contributed by atoms with Crippen LogP contribution in [0.25, 0.3) is 6.08 Å². The van der Waals surface area contributed by atoms with Gasteiger partial charge in [0.15, 0.2) is 0 Å². The minimum atomic E-state index is -4.32. The highest BCUT2D eigenvalue weighted by Gasteiger charge is 2.30. The highest BCUT2D eigenvalue weighted by Crippen LogP contribution is 2.32. The Labute approximate surface area is 209 Å². The molecule has 0 saturated carbocycles.